The van der Waals surface area contributed by atoms with E-state index in [1.807, 2.05) is 0 Å². The van der Waals surface area contributed by atoms with Crippen LogP contribution in [-0.4, -0.2) is 45.9 Å². The number of nitrogens with one attached hydrogen (secondary N) is 1. The van der Waals surface area contributed by atoms with Gasteiger partial charge >= 0.3 is 5.63 Å². The lowest BCUT2D eigenvalue weighted by atomic mass is 10.1. The second-order valence-corrected chi connectivity index (χ2v) is 8.36. The summed E-state index contributed by atoms with van der Waals surface area (Å²) in [6.45, 7) is 0.701. The van der Waals surface area contributed by atoms with E-state index in [1.165, 1.54) is 41.3 Å². The topological polar surface area (TPSA) is 150 Å². The summed E-state index contributed by atoms with van der Waals surface area (Å²) in [5, 5.41) is 23.1. The number of carbonyl (C=O) groups excluding carboxylic acids is 3. The first kappa shape index (κ1) is 24.1. The van der Waals surface area contributed by atoms with Gasteiger partial charge in [-0.25, -0.2) is 4.79 Å². The van der Waals surface area contributed by atoms with E-state index in [0.29, 0.717) is 37.7 Å². The Bertz CT molecular complexity index is 1390. The molecule has 3 heterocycles. The Morgan fingerprint density at radius 3 is 2.43 bits per heavy atom. The van der Waals surface area contributed by atoms with Crippen molar-refractivity contribution in [2.24, 2.45) is 0 Å². The minimum absolute atomic E-state index is 0.0145. The monoisotopic (exact) mass is 500 g/mol. The number of hydrogen-bond donors (Lipinski definition) is 3. The second kappa shape index (κ2) is 10.1. The summed E-state index contributed by atoms with van der Waals surface area (Å²) < 4.78 is 10.8. The van der Waals surface area contributed by atoms with E-state index < -0.39 is 5.63 Å². The summed E-state index contributed by atoms with van der Waals surface area (Å²) >= 11 is 5.91. The molecule has 0 aliphatic carbocycles. The van der Waals surface area contributed by atoms with Crippen LogP contribution in [0.5, 0.6) is 11.5 Å². The molecule has 2 aromatic heterocycles. The van der Waals surface area contributed by atoms with Crippen molar-refractivity contribution in [2.45, 2.75) is 25.7 Å². The van der Waals surface area contributed by atoms with Gasteiger partial charge in [0.15, 0.2) is 11.5 Å². The Hall–Kier alpha value is -4.05. The van der Waals surface area contributed by atoms with Crippen LogP contribution in [0.2, 0.25) is 5.02 Å². The molecular formula is C24H21ClN2O8. The predicted octanol–water partition coefficient (Wildman–Crippen LogP) is 2.87. The Morgan fingerprint density at radius 1 is 0.943 bits per heavy atom. The fraction of sp³-hybridized carbons (Fsp3) is 0.250. The second-order valence-electron chi connectivity index (χ2n) is 7.96. The molecule has 1 aliphatic heterocycles. The number of amides is 3. The average Bonchev–Trinajstić information content (AvgIpc) is 3.32. The average molecular weight is 501 g/mol. The number of aromatic hydroxyl groups is 2. The van der Waals surface area contributed by atoms with Crippen molar-refractivity contribution in [3.8, 4) is 22.8 Å². The number of phenols is 1. The fourth-order valence-corrected chi connectivity index (χ4v) is 3.81. The first-order valence-electron chi connectivity index (χ1n) is 10.8. The lowest BCUT2D eigenvalue weighted by molar-refractivity contribution is -0.136. The Morgan fingerprint density at radius 2 is 1.69 bits per heavy atom. The lowest BCUT2D eigenvalue weighted by Gasteiger charge is -2.13. The number of furan rings is 1. The summed E-state index contributed by atoms with van der Waals surface area (Å²) in [6, 6.07) is 5.32. The summed E-state index contributed by atoms with van der Waals surface area (Å²) in [4.78, 5) is 48.8. The van der Waals surface area contributed by atoms with Crippen LogP contribution in [0.4, 0.5) is 0 Å². The molecule has 0 saturated heterocycles. The fourth-order valence-electron chi connectivity index (χ4n) is 3.64. The molecule has 10 nitrogen and oxygen atoms in total. The largest absolute Gasteiger partial charge is 0.506 e. The molecule has 3 amide bonds. The third-order valence-corrected chi connectivity index (χ3v) is 5.76. The zero-order chi connectivity index (χ0) is 25.1. The van der Waals surface area contributed by atoms with Gasteiger partial charge in [0.2, 0.25) is 5.91 Å². The molecule has 182 valence electrons. The molecule has 11 heteroatoms. The maximum Gasteiger partial charge on any atom is 0.347 e. The summed E-state index contributed by atoms with van der Waals surface area (Å²) in [7, 11) is 0. The van der Waals surface area contributed by atoms with Gasteiger partial charge in [-0.3, -0.25) is 19.3 Å². The highest BCUT2D eigenvalue weighted by Gasteiger charge is 2.22. The molecule has 0 bridgehead atoms. The maximum atomic E-state index is 12.4. The molecule has 0 atom stereocenters. The zero-order valence-electron chi connectivity index (χ0n) is 18.4. The van der Waals surface area contributed by atoms with Crippen molar-refractivity contribution >= 4 is 40.3 Å². The highest BCUT2D eigenvalue weighted by molar-refractivity contribution is 6.32. The molecule has 0 fully saturated rings. The molecule has 0 saturated carbocycles. The van der Waals surface area contributed by atoms with Crippen LogP contribution in [0.25, 0.3) is 22.3 Å². The van der Waals surface area contributed by atoms with Gasteiger partial charge < -0.3 is 24.4 Å². The molecule has 1 aliphatic rings. The molecule has 1 aromatic carbocycles. The van der Waals surface area contributed by atoms with Crippen molar-refractivity contribution in [1.29, 1.82) is 0 Å². The van der Waals surface area contributed by atoms with E-state index in [2.05, 4.69) is 5.32 Å². The summed E-state index contributed by atoms with van der Waals surface area (Å²) in [6.07, 6.45) is 4.20. The quantitative estimate of drug-likeness (QED) is 0.230. The van der Waals surface area contributed by atoms with Gasteiger partial charge in [-0.15, -0.1) is 0 Å². The molecule has 3 aromatic rings. The van der Waals surface area contributed by atoms with Gasteiger partial charge in [-0.05, 0) is 31.4 Å². The minimum Gasteiger partial charge on any atom is -0.506 e. The van der Waals surface area contributed by atoms with Crippen LogP contribution < -0.4 is 10.9 Å². The molecule has 0 unspecified atom stereocenters. The smallest absolute Gasteiger partial charge is 0.347 e. The van der Waals surface area contributed by atoms with Crippen LogP contribution >= 0.6 is 11.6 Å². The van der Waals surface area contributed by atoms with Crippen molar-refractivity contribution in [2.75, 3.05) is 13.1 Å². The van der Waals surface area contributed by atoms with Gasteiger partial charge in [0, 0.05) is 42.8 Å². The number of unbranched alkanes of at least 4 members (excludes halogenated alkanes) is 2. The number of benzene rings is 1. The number of nitrogens with zero attached hydrogens (tertiary/aromatic N) is 1. The number of carbonyl (C=O) groups is 3. The van der Waals surface area contributed by atoms with Crippen molar-refractivity contribution in [1.82, 2.24) is 10.2 Å². The predicted molar refractivity (Wildman–Crippen MR) is 125 cm³/mol. The van der Waals surface area contributed by atoms with E-state index in [-0.39, 0.29) is 63.3 Å². The number of halogens is 1. The zero-order valence-corrected chi connectivity index (χ0v) is 19.1. The Kier molecular flexibility index (Phi) is 6.92. The van der Waals surface area contributed by atoms with Gasteiger partial charge in [0.05, 0.1) is 11.4 Å². The minimum atomic E-state index is -0.753. The number of fused-ring (bicyclic) bond motifs is 1. The van der Waals surface area contributed by atoms with Gasteiger partial charge in [0.1, 0.15) is 22.7 Å². The van der Waals surface area contributed by atoms with Crippen LogP contribution in [-0.2, 0) is 20.8 Å². The number of hydrogen-bond acceptors (Lipinski definition) is 8. The standard InChI is InChI=1S/C24H21ClN2O8/c25-15-9-13-8-14(24(33)35-18(13)10-16(15)28)19-11-17(29)20(34-19)12-21(30)26-6-2-1-3-7-27-22(31)4-5-23(27)32/h4-5,8-11,28-29H,1-3,6-7,12H2,(H,26,30). The van der Waals surface area contributed by atoms with Crippen LogP contribution in [0, 0.1) is 0 Å². The highest BCUT2D eigenvalue weighted by atomic mass is 35.5. The first-order valence-corrected chi connectivity index (χ1v) is 11.2. The van der Waals surface area contributed by atoms with Gasteiger partial charge in [-0.2, -0.15) is 0 Å². The van der Waals surface area contributed by atoms with Crippen LogP contribution in [0.15, 0.2) is 50.0 Å². The summed E-state index contributed by atoms with van der Waals surface area (Å²) in [5.74, 6) is -1.52. The Balaban J connectivity index is 1.31. The number of phenolic OH excluding ortho intramolecular Hbond substituents is 1. The van der Waals surface area contributed by atoms with Crippen molar-refractivity contribution in [3.63, 3.8) is 0 Å². The molecular weight excluding hydrogens is 480 g/mol. The van der Waals surface area contributed by atoms with Gasteiger partial charge in [-0.1, -0.05) is 11.6 Å². The van der Waals surface area contributed by atoms with E-state index in [4.69, 9.17) is 20.4 Å². The molecule has 3 N–H and O–H groups in total. The Labute approximate surface area is 203 Å². The summed E-state index contributed by atoms with van der Waals surface area (Å²) in [5.41, 5.74) is -0.602. The normalized spacial score (nSPS) is 13.2. The van der Waals surface area contributed by atoms with Crippen LogP contribution in [0.3, 0.4) is 0 Å². The van der Waals surface area contributed by atoms with E-state index >= 15 is 0 Å². The maximum absolute atomic E-state index is 12.4. The van der Waals surface area contributed by atoms with Crippen molar-refractivity contribution < 1.29 is 33.4 Å². The lowest BCUT2D eigenvalue weighted by Crippen LogP contribution is -2.31. The highest BCUT2D eigenvalue weighted by Crippen LogP contribution is 2.33. The third-order valence-electron chi connectivity index (χ3n) is 5.46. The SMILES string of the molecule is O=C(Cc1oc(-c2cc3cc(Cl)c(O)cc3oc2=O)cc1O)NCCCCCN1C(=O)C=CC1=O. The van der Waals surface area contributed by atoms with Crippen LogP contribution in [0.1, 0.15) is 25.0 Å². The van der Waals surface area contributed by atoms with E-state index in [9.17, 15) is 29.4 Å². The first-order chi connectivity index (χ1) is 16.7. The molecule has 35 heavy (non-hydrogen) atoms. The van der Waals surface area contributed by atoms with E-state index in [1.54, 1.807) is 0 Å². The molecule has 0 spiro atoms. The van der Waals surface area contributed by atoms with Gasteiger partial charge in [0.25, 0.3) is 11.8 Å². The number of imide groups is 1. The van der Waals surface area contributed by atoms with E-state index in [0.717, 1.165) is 0 Å². The molecule has 0 radical (unpaired) electrons. The molecule has 4 rings (SSSR count). The van der Waals surface area contributed by atoms with Crippen molar-refractivity contribution in [3.05, 3.63) is 57.6 Å². The number of rotatable bonds is 9. The third kappa shape index (κ3) is 5.38.